The van der Waals surface area contributed by atoms with Gasteiger partial charge in [-0.1, -0.05) is 36.4 Å². The molecule has 0 spiro atoms. The van der Waals surface area contributed by atoms with Crippen molar-refractivity contribution in [1.29, 1.82) is 0 Å². The molecule has 2 atom stereocenters. The van der Waals surface area contributed by atoms with Crippen molar-refractivity contribution in [2.45, 2.75) is 25.1 Å². The quantitative estimate of drug-likeness (QED) is 0.509. The molecule has 0 saturated heterocycles. The van der Waals surface area contributed by atoms with Gasteiger partial charge in [0.25, 0.3) is 0 Å². The third-order valence-electron chi connectivity index (χ3n) is 5.07. The summed E-state index contributed by atoms with van der Waals surface area (Å²) < 4.78 is 34.4. The summed E-state index contributed by atoms with van der Waals surface area (Å²) in [5.41, 5.74) is -1.01. The van der Waals surface area contributed by atoms with Crippen molar-refractivity contribution in [3.63, 3.8) is 0 Å². The normalized spacial score (nSPS) is 20.9. The van der Waals surface area contributed by atoms with Crippen molar-refractivity contribution in [1.82, 2.24) is 5.09 Å². The topological polar surface area (TPSA) is 42.7 Å². The summed E-state index contributed by atoms with van der Waals surface area (Å²) in [4.78, 5) is 3.87. The Labute approximate surface area is 169 Å². The molecule has 0 bridgehead atoms. The van der Waals surface area contributed by atoms with Gasteiger partial charge in [0.15, 0.2) is 0 Å². The monoisotopic (exact) mass is 406 g/mol. The fraction of sp³-hybridized carbons (Fsp3) is 0.174. The SMILES string of the molecule is [C-]#[N+][C@]1(NP(=O)(c2ccccc2)c2ccccc2)C[C@@H](C)Oc2ccc(F)cc21. The van der Waals surface area contributed by atoms with Crippen molar-refractivity contribution < 1.29 is 13.7 Å². The molecule has 3 aromatic rings. The first-order valence-electron chi connectivity index (χ1n) is 9.33. The molecule has 6 heteroatoms. The third kappa shape index (κ3) is 3.46. The average Bonchev–Trinajstić information content (AvgIpc) is 2.75. The van der Waals surface area contributed by atoms with Crippen LogP contribution in [0.3, 0.4) is 0 Å². The lowest BCUT2D eigenvalue weighted by atomic mass is 9.91. The molecule has 1 heterocycles. The fourth-order valence-electron chi connectivity index (χ4n) is 3.76. The molecular formula is C23H20FN2O2P. The Balaban J connectivity index is 1.92. The van der Waals surface area contributed by atoms with Crippen LogP contribution < -0.4 is 20.4 Å². The van der Waals surface area contributed by atoms with E-state index in [1.807, 2.05) is 43.3 Å². The molecule has 29 heavy (non-hydrogen) atoms. The second kappa shape index (κ2) is 7.48. The van der Waals surface area contributed by atoms with Crippen LogP contribution in [-0.2, 0) is 10.2 Å². The van der Waals surface area contributed by atoms with Gasteiger partial charge >= 0.3 is 5.66 Å². The Morgan fingerprint density at radius 3 is 2.21 bits per heavy atom. The maximum atomic E-state index is 14.5. The molecule has 4 rings (SSSR count). The van der Waals surface area contributed by atoms with Crippen molar-refractivity contribution >= 4 is 17.9 Å². The molecule has 0 aromatic heterocycles. The van der Waals surface area contributed by atoms with Gasteiger partial charge in [0.1, 0.15) is 17.7 Å². The molecule has 0 unspecified atom stereocenters. The van der Waals surface area contributed by atoms with Crippen molar-refractivity contribution in [2.75, 3.05) is 0 Å². The van der Waals surface area contributed by atoms with Crippen molar-refractivity contribution in [3.05, 3.63) is 102 Å². The lowest BCUT2D eigenvalue weighted by molar-refractivity contribution is 0.148. The molecular weight excluding hydrogens is 386 g/mol. The highest BCUT2D eigenvalue weighted by atomic mass is 31.2. The first-order valence-corrected chi connectivity index (χ1v) is 11.0. The second-order valence-electron chi connectivity index (χ2n) is 7.14. The minimum absolute atomic E-state index is 0.247. The van der Waals surface area contributed by atoms with Gasteiger partial charge in [-0.2, -0.15) is 5.09 Å². The number of rotatable bonds is 4. The van der Waals surface area contributed by atoms with Gasteiger partial charge < -0.3 is 4.74 Å². The predicted octanol–water partition coefficient (Wildman–Crippen LogP) is 4.59. The lowest BCUT2D eigenvalue weighted by Crippen LogP contribution is -2.47. The van der Waals surface area contributed by atoms with Gasteiger partial charge in [-0.05, 0) is 49.4 Å². The molecule has 146 valence electrons. The van der Waals surface area contributed by atoms with E-state index >= 15 is 0 Å². The lowest BCUT2D eigenvalue weighted by Gasteiger charge is -2.35. The average molecular weight is 406 g/mol. The summed E-state index contributed by atoms with van der Waals surface area (Å²) in [5, 5.41) is 4.38. The standard InChI is InChI=1S/C23H20FN2O2P/c1-17-16-23(25-2,21-15-18(24)13-14-22(21)28-17)26-29(27,19-9-5-3-6-10-19)20-11-7-4-8-12-20/h3-15,17H,16H2,1H3,(H,26,27)/t17-,23+/m1/s1. The van der Waals surface area contributed by atoms with E-state index in [9.17, 15) is 8.96 Å². The minimum atomic E-state index is -3.41. The number of hydrogen-bond acceptors (Lipinski definition) is 2. The summed E-state index contributed by atoms with van der Waals surface area (Å²) in [6.07, 6.45) is -0.0501. The van der Waals surface area contributed by atoms with E-state index in [0.29, 0.717) is 21.9 Å². The van der Waals surface area contributed by atoms with Gasteiger partial charge in [-0.25, -0.2) is 11.0 Å². The molecule has 0 aliphatic carbocycles. The summed E-state index contributed by atoms with van der Waals surface area (Å²) in [6.45, 7) is 9.86. The number of ether oxygens (including phenoxy) is 1. The molecule has 3 aromatic carbocycles. The van der Waals surface area contributed by atoms with Crippen LogP contribution in [0.4, 0.5) is 4.39 Å². The molecule has 1 aliphatic heterocycles. The molecule has 0 radical (unpaired) electrons. The third-order valence-corrected chi connectivity index (χ3v) is 7.81. The van der Waals surface area contributed by atoms with Crippen LogP contribution >= 0.6 is 7.29 Å². The highest BCUT2D eigenvalue weighted by Crippen LogP contribution is 2.49. The minimum Gasteiger partial charge on any atom is -0.490 e. The highest BCUT2D eigenvalue weighted by molar-refractivity contribution is 7.77. The zero-order valence-corrected chi connectivity index (χ0v) is 16.8. The molecule has 0 saturated carbocycles. The van der Waals surface area contributed by atoms with E-state index in [4.69, 9.17) is 11.3 Å². The van der Waals surface area contributed by atoms with E-state index < -0.39 is 18.8 Å². The Morgan fingerprint density at radius 2 is 1.66 bits per heavy atom. The van der Waals surface area contributed by atoms with Crippen LogP contribution in [-0.4, -0.2) is 6.10 Å². The number of fused-ring (bicyclic) bond motifs is 1. The maximum absolute atomic E-state index is 14.5. The summed E-state index contributed by atoms with van der Waals surface area (Å²) in [5.74, 6) is -0.0349. The van der Waals surface area contributed by atoms with E-state index in [0.717, 1.165) is 0 Å². The Hall–Kier alpha value is -2.93. The van der Waals surface area contributed by atoms with Crippen LogP contribution in [0.2, 0.25) is 0 Å². The largest absolute Gasteiger partial charge is 0.490 e. The van der Waals surface area contributed by atoms with Gasteiger partial charge in [0.05, 0.1) is 12.0 Å². The summed E-state index contributed by atoms with van der Waals surface area (Å²) in [6, 6.07) is 22.2. The molecule has 1 N–H and O–H groups in total. The predicted molar refractivity (Wildman–Crippen MR) is 112 cm³/mol. The van der Waals surface area contributed by atoms with Crippen molar-refractivity contribution in [3.8, 4) is 5.75 Å². The van der Waals surface area contributed by atoms with E-state index in [1.165, 1.54) is 18.2 Å². The molecule has 1 aliphatic rings. The van der Waals surface area contributed by atoms with Crippen LogP contribution in [0, 0.1) is 12.4 Å². The van der Waals surface area contributed by atoms with Crippen LogP contribution in [0.5, 0.6) is 5.75 Å². The Morgan fingerprint density at radius 1 is 1.07 bits per heavy atom. The van der Waals surface area contributed by atoms with E-state index in [2.05, 4.69) is 9.93 Å². The Kier molecular flexibility index (Phi) is 5.00. The zero-order chi connectivity index (χ0) is 20.5. The molecule has 0 amide bonds. The van der Waals surface area contributed by atoms with Crippen LogP contribution in [0.25, 0.3) is 4.85 Å². The van der Waals surface area contributed by atoms with E-state index in [1.54, 1.807) is 24.3 Å². The number of hydrogen-bond donors (Lipinski definition) is 1. The van der Waals surface area contributed by atoms with Gasteiger partial charge in [0.2, 0.25) is 7.29 Å². The highest BCUT2D eigenvalue weighted by Gasteiger charge is 2.51. The first kappa shape index (κ1) is 19.4. The summed E-state index contributed by atoms with van der Waals surface area (Å²) >= 11 is 0. The number of nitrogens with zero attached hydrogens (tertiary/aromatic N) is 1. The van der Waals surface area contributed by atoms with Gasteiger partial charge in [-0.3, -0.25) is 9.41 Å². The zero-order valence-electron chi connectivity index (χ0n) is 15.9. The number of benzene rings is 3. The maximum Gasteiger partial charge on any atom is 0.325 e. The second-order valence-corrected chi connectivity index (χ2v) is 9.61. The molecule has 4 nitrogen and oxygen atoms in total. The van der Waals surface area contributed by atoms with E-state index in [-0.39, 0.29) is 12.5 Å². The fourth-order valence-corrected chi connectivity index (χ4v) is 6.29. The summed E-state index contributed by atoms with van der Waals surface area (Å²) in [7, 11) is -3.41. The first-order chi connectivity index (χ1) is 14.0. The molecule has 0 fully saturated rings. The van der Waals surface area contributed by atoms with Crippen molar-refractivity contribution in [2.24, 2.45) is 0 Å². The van der Waals surface area contributed by atoms with Crippen LogP contribution in [0.1, 0.15) is 18.9 Å². The van der Waals surface area contributed by atoms with Crippen LogP contribution in [0.15, 0.2) is 78.9 Å². The Bertz CT molecular complexity index is 1070. The smallest absolute Gasteiger partial charge is 0.325 e. The van der Waals surface area contributed by atoms with Gasteiger partial charge in [0, 0.05) is 10.6 Å². The number of nitrogens with one attached hydrogen (secondary N) is 1. The van der Waals surface area contributed by atoms with Gasteiger partial charge in [-0.15, -0.1) is 0 Å². The number of halogens is 1.